The lowest BCUT2D eigenvalue weighted by Gasteiger charge is -2.00. The Hall–Kier alpha value is -2.65. The van der Waals surface area contributed by atoms with E-state index in [1.54, 1.807) is 13.1 Å². The van der Waals surface area contributed by atoms with Gasteiger partial charge in [-0.2, -0.15) is 0 Å². The molecule has 3 aromatic rings. The maximum atomic E-state index is 12.2. The van der Waals surface area contributed by atoms with Crippen LogP contribution in [0, 0.1) is 0 Å². The predicted octanol–water partition coefficient (Wildman–Crippen LogP) is 2.81. The Morgan fingerprint density at radius 3 is 2.69 bits per heavy atom. The fourth-order valence-corrected chi connectivity index (χ4v) is 3.67. The van der Waals surface area contributed by atoms with Crippen LogP contribution >= 0.6 is 22.7 Å². The summed E-state index contributed by atoms with van der Waals surface area (Å²) in [6.45, 7) is 2.41. The molecule has 7 nitrogen and oxygen atoms in total. The average Bonchev–Trinajstić information content (AvgIpc) is 3.32. The number of carbonyl (C=O) groups excluding carboxylic acids is 2. The Bertz CT molecular complexity index is 892. The molecule has 1 aromatic carbocycles. The van der Waals surface area contributed by atoms with Gasteiger partial charge in [-0.1, -0.05) is 41.7 Å². The molecule has 0 saturated carbocycles. The number of rotatable bonds is 7. The van der Waals surface area contributed by atoms with Crippen LogP contribution in [0.5, 0.6) is 0 Å². The van der Waals surface area contributed by atoms with Crippen LogP contribution in [0.1, 0.15) is 31.5 Å². The van der Waals surface area contributed by atoms with Crippen LogP contribution in [-0.2, 0) is 11.2 Å². The minimum Gasteiger partial charge on any atom is -0.461 e. The highest BCUT2D eigenvalue weighted by molar-refractivity contribution is 7.17. The van der Waals surface area contributed by atoms with Crippen molar-refractivity contribution in [2.75, 3.05) is 13.2 Å². The summed E-state index contributed by atoms with van der Waals surface area (Å²) in [7, 11) is 0. The number of aromatic nitrogens is 3. The quantitative estimate of drug-likeness (QED) is 0.626. The monoisotopic (exact) mass is 388 g/mol. The molecule has 0 aliphatic heterocycles. The van der Waals surface area contributed by atoms with E-state index in [9.17, 15) is 9.59 Å². The fraction of sp³-hybridized carbons (Fsp3) is 0.235. The van der Waals surface area contributed by atoms with Gasteiger partial charge in [-0.25, -0.2) is 9.78 Å². The van der Waals surface area contributed by atoms with Crippen molar-refractivity contribution in [2.24, 2.45) is 0 Å². The van der Waals surface area contributed by atoms with Gasteiger partial charge in [0.2, 0.25) is 5.01 Å². The lowest BCUT2D eigenvalue weighted by atomic mass is 10.2. The number of hydrogen-bond acceptors (Lipinski definition) is 8. The molecule has 0 bridgehead atoms. The molecule has 26 heavy (non-hydrogen) atoms. The van der Waals surface area contributed by atoms with Gasteiger partial charge in [0.05, 0.1) is 11.5 Å². The Balaban J connectivity index is 1.52. The van der Waals surface area contributed by atoms with E-state index in [-0.39, 0.29) is 10.9 Å². The lowest BCUT2D eigenvalue weighted by Crippen LogP contribution is -2.25. The van der Waals surface area contributed by atoms with Crippen molar-refractivity contribution in [1.82, 2.24) is 20.5 Å². The second kappa shape index (κ2) is 8.63. The van der Waals surface area contributed by atoms with E-state index in [4.69, 9.17) is 4.74 Å². The Morgan fingerprint density at radius 1 is 1.12 bits per heavy atom. The van der Waals surface area contributed by atoms with E-state index >= 15 is 0 Å². The van der Waals surface area contributed by atoms with Gasteiger partial charge in [0, 0.05) is 19.2 Å². The van der Waals surface area contributed by atoms with Gasteiger partial charge in [0.15, 0.2) is 5.01 Å². The molecule has 0 saturated heterocycles. The molecule has 9 heteroatoms. The zero-order valence-electron chi connectivity index (χ0n) is 14.0. The molecule has 0 spiro atoms. The molecule has 0 atom stereocenters. The molecule has 2 aromatic heterocycles. The summed E-state index contributed by atoms with van der Waals surface area (Å²) in [6.07, 6.45) is 2.19. The normalized spacial score (nSPS) is 10.5. The number of ether oxygens (including phenoxy) is 1. The van der Waals surface area contributed by atoms with Crippen LogP contribution in [0.4, 0.5) is 0 Å². The van der Waals surface area contributed by atoms with Gasteiger partial charge in [0.1, 0.15) is 5.01 Å². The number of nitrogens with one attached hydrogen (secondary N) is 1. The number of amides is 1. The highest BCUT2D eigenvalue weighted by Crippen LogP contribution is 2.25. The van der Waals surface area contributed by atoms with Crippen molar-refractivity contribution in [3.8, 4) is 10.4 Å². The Kier molecular flexibility index (Phi) is 6.03. The molecule has 0 fully saturated rings. The predicted molar refractivity (Wildman–Crippen MR) is 99.5 cm³/mol. The van der Waals surface area contributed by atoms with Crippen LogP contribution in [0.3, 0.4) is 0 Å². The number of carbonyl (C=O) groups is 2. The van der Waals surface area contributed by atoms with E-state index in [0.29, 0.717) is 29.6 Å². The third-order valence-corrected chi connectivity index (χ3v) is 5.31. The highest BCUT2D eigenvalue weighted by atomic mass is 32.1. The Morgan fingerprint density at radius 2 is 1.92 bits per heavy atom. The third-order valence-electron chi connectivity index (χ3n) is 3.30. The Labute approximate surface area is 158 Å². The van der Waals surface area contributed by atoms with Crippen molar-refractivity contribution in [2.45, 2.75) is 13.3 Å². The number of esters is 1. The first-order valence-corrected chi connectivity index (χ1v) is 9.59. The van der Waals surface area contributed by atoms with E-state index in [1.165, 1.54) is 22.7 Å². The smallest absolute Gasteiger partial charge is 0.369 e. The zero-order valence-corrected chi connectivity index (χ0v) is 15.6. The minimum absolute atomic E-state index is 0.223. The molecule has 3 rings (SSSR count). The maximum Gasteiger partial charge on any atom is 0.369 e. The van der Waals surface area contributed by atoms with Crippen molar-refractivity contribution in [3.05, 3.63) is 51.6 Å². The van der Waals surface area contributed by atoms with Crippen molar-refractivity contribution in [3.63, 3.8) is 0 Å². The van der Waals surface area contributed by atoms with Gasteiger partial charge in [-0.05, 0) is 12.5 Å². The van der Waals surface area contributed by atoms with Gasteiger partial charge in [0.25, 0.3) is 5.91 Å². The maximum absolute atomic E-state index is 12.2. The summed E-state index contributed by atoms with van der Waals surface area (Å²) in [5.41, 5.74) is 1.03. The van der Waals surface area contributed by atoms with Crippen molar-refractivity contribution < 1.29 is 14.3 Å². The van der Waals surface area contributed by atoms with Gasteiger partial charge in [-0.15, -0.1) is 21.5 Å². The topological polar surface area (TPSA) is 94.1 Å². The van der Waals surface area contributed by atoms with Crippen LogP contribution in [-0.4, -0.2) is 40.2 Å². The van der Waals surface area contributed by atoms with Crippen LogP contribution in [0.2, 0.25) is 0 Å². The first-order chi connectivity index (χ1) is 12.7. The summed E-state index contributed by atoms with van der Waals surface area (Å²) < 4.78 is 4.87. The summed E-state index contributed by atoms with van der Waals surface area (Å²) >= 11 is 2.51. The minimum atomic E-state index is -0.475. The van der Waals surface area contributed by atoms with Gasteiger partial charge < -0.3 is 10.1 Å². The molecule has 0 aliphatic rings. The average molecular weight is 388 g/mol. The number of nitrogens with zero attached hydrogens (tertiary/aromatic N) is 3. The number of benzene rings is 1. The molecule has 0 unspecified atom stereocenters. The van der Waals surface area contributed by atoms with E-state index in [2.05, 4.69) is 20.5 Å². The molecule has 0 aliphatic carbocycles. The lowest BCUT2D eigenvalue weighted by molar-refractivity contribution is 0.0525. The molecule has 1 N–H and O–H groups in total. The number of thiazole rings is 1. The fourth-order valence-electron chi connectivity index (χ4n) is 2.10. The largest absolute Gasteiger partial charge is 0.461 e. The van der Waals surface area contributed by atoms with E-state index in [0.717, 1.165) is 10.4 Å². The molecule has 2 heterocycles. The van der Waals surface area contributed by atoms with Crippen LogP contribution in [0.25, 0.3) is 10.4 Å². The number of hydrogen-bond donors (Lipinski definition) is 1. The second-order valence-electron chi connectivity index (χ2n) is 5.12. The summed E-state index contributed by atoms with van der Waals surface area (Å²) in [4.78, 5) is 28.9. The first-order valence-electron chi connectivity index (χ1n) is 7.96. The third kappa shape index (κ3) is 4.50. The first kappa shape index (κ1) is 18.2. The molecular weight excluding hydrogens is 372 g/mol. The molecule has 1 amide bonds. The van der Waals surface area contributed by atoms with Crippen molar-refractivity contribution >= 4 is 34.6 Å². The van der Waals surface area contributed by atoms with Crippen LogP contribution < -0.4 is 5.32 Å². The summed E-state index contributed by atoms with van der Waals surface area (Å²) in [5, 5.41) is 11.8. The van der Waals surface area contributed by atoms with Gasteiger partial charge >= 0.3 is 5.97 Å². The molecular formula is C17H16N4O3S2. The molecule has 134 valence electrons. The van der Waals surface area contributed by atoms with E-state index in [1.807, 2.05) is 30.3 Å². The summed E-state index contributed by atoms with van der Waals surface area (Å²) in [6, 6.07) is 9.79. The standard InChI is InChI=1S/C17H16N4O3S2/c1-2-24-17(23)16-21-20-13(26-16)8-9-18-14(22)15-19-10-12(25-15)11-6-4-3-5-7-11/h3-7,10H,2,8-9H2,1H3,(H,18,22). The van der Waals surface area contributed by atoms with Gasteiger partial charge in [-0.3, -0.25) is 4.79 Å². The molecule has 0 radical (unpaired) electrons. The van der Waals surface area contributed by atoms with Crippen molar-refractivity contribution in [1.29, 1.82) is 0 Å². The van der Waals surface area contributed by atoms with E-state index < -0.39 is 5.97 Å². The zero-order chi connectivity index (χ0) is 18.4. The van der Waals surface area contributed by atoms with Crippen LogP contribution in [0.15, 0.2) is 36.5 Å². The highest BCUT2D eigenvalue weighted by Gasteiger charge is 2.15. The second-order valence-corrected chi connectivity index (χ2v) is 7.22. The summed E-state index contributed by atoms with van der Waals surface area (Å²) in [5.74, 6) is -0.705. The SMILES string of the molecule is CCOC(=O)c1nnc(CCNC(=O)c2ncc(-c3ccccc3)s2)s1.